The number of benzene rings is 2. The van der Waals surface area contributed by atoms with Crippen LogP contribution in [0.15, 0.2) is 72.2 Å². The molecule has 4 unspecified atom stereocenters. The van der Waals surface area contributed by atoms with Crippen LogP contribution in [0.25, 0.3) is 0 Å². The molecule has 2 amide bonds. The van der Waals surface area contributed by atoms with Gasteiger partial charge in [0.2, 0.25) is 11.8 Å². The molecule has 0 radical (unpaired) electrons. The number of fused-ring (bicyclic) bond motifs is 1. The number of aryl methyl sites for hydroxylation is 1. The molecule has 8 nitrogen and oxygen atoms in total. The molecule has 9 heteroatoms. The first-order chi connectivity index (χ1) is 18.7. The summed E-state index contributed by atoms with van der Waals surface area (Å²) < 4.78 is 29.4. The average Bonchev–Trinajstić information content (AvgIpc) is 3.17. The van der Waals surface area contributed by atoms with E-state index in [4.69, 9.17) is 23.4 Å². The molecule has 4 rings (SSSR count). The van der Waals surface area contributed by atoms with Crippen LogP contribution in [0.2, 0.25) is 19.6 Å². The van der Waals surface area contributed by atoms with Gasteiger partial charge < -0.3 is 23.4 Å². The fraction of sp³-hybridized carbons (Fsp3) is 0.467. The summed E-state index contributed by atoms with van der Waals surface area (Å²) in [5, 5.41) is 0. The molecular formula is C30H39NO7Si. The molecule has 2 aliphatic rings. The highest BCUT2D eigenvalue weighted by Gasteiger charge is 2.58. The second-order valence-electron chi connectivity index (χ2n) is 10.9. The summed E-state index contributed by atoms with van der Waals surface area (Å²) in [5.74, 6) is -1.27. The average molecular weight is 554 g/mol. The van der Waals surface area contributed by atoms with Crippen molar-refractivity contribution in [1.29, 1.82) is 0 Å². The minimum absolute atomic E-state index is 0.00657. The Balaban J connectivity index is 1.80. The van der Waals surface area contributed by atoms with Gasteiger partial charge in [-0.1, -0.05) is 48.5 Å². The minimum Gasteiger partial charge on any atom is -0.468 e. The van der Waals surface area contributed by atoms with Crippen LogP contribution in [0.3, 0.4) is 0 Å². The zero-order valence-corrected chi connectivity index (χ0v) is 24.4. The van der Waals surface area contributed by atoms with Crippen molar-refractivity contribution in [2.75, 3.05) is 32.7 Å². The zero-order chi connectivity index (χ0) is 28.0. The summed E-state index contributed by atoms with van der Waals surface area (Å²) in [5.41, 5.74) is 1.74. The number of imide groups is 1. The van der Waals surface area contributed by atoms with Gasteiger partial charge in [-0.3, -0.25) is 14.5 Å². The van der Waals surface area contributed by atoms with E-state index in [2.05, 4.69) is 31.8 Å². The Morgan fingerprint density at radius 2 is 1.49 bits per heavy atom. The quantitative estimate of drug-likeness (QED) is 0.193. The lowest BCUT2D eigenvalue weighted by Gasteiger charge is -2.40. The molecule has 4 atom stereocenters. The van der Waals surface area contributed by atoms with Crippen molar-refractivity contribution in [1.82, 2.24) is 0 Å². The molecule has 0 N–H and O–H groups in total. The molecular weight excluding hydrogens is 514 g/mol. The molecule has 2 aromatic carbocycles. The third-order valence-corrected chi connectivity index (χ3v) is 8.02. The Morgan fingerprint density at radius 1 is 0.872 bits per heavy atom. The van der Waals surface area contributed by atoms with Crippen molar-refractivity contribution in [3.05, 3.63) is 77.7 Å². The molecule has 1 saturated heterocycles. The maximum Gasteiger partial charge on any atom is 0.238 e. The zero-order valence-electron chi connectivity index (χ0n) is 23.4. The number of methoxy groups -OCH3 is 2. The summed E-state index contributed by atoms with van der Waals surface area (Å²) in [6.45, 7) is 6.35. The molecule has 0 saturated carbocycles. The monoisotopic (exact) mass is 553 g/mol. The first-order valence-electron chi connectivity index (χ1n) is 13.4. The lowest BCUT2D eigenvalue weighted by molar-refractivity contribution is -0.127. The first kappa shape index (κ1) is 29.0. The van der Waals surface area contributed by atoms with Gasteiger partial charge in [-0.2, -0.15) is 0 Å². The molecule has 2 aromatic rings. The third-order valence-electron chi connectivity index (χ3n) is 7.01. The summed E-state index contributed by atoms with van der Waals surface area (Å²) in [4.78, 5) is 29.3. The smallest absolute Gasteiger partial charge is 0.238 e. The highest BCUT2D eigenvalue weighted by Crippen LogP contribution is 2.49. The fourth-order valence-electron chi connectivity index (χ4n) is 5.53. The number of nitrogens with zero attached hydrogens (tertiary/aromatic N) is 1. The first-order valence-corrected chi connectivity index (χ1v) is 16.8. The van der Waals surface area contributed by atoms with E-state index < -0.39 is 26.1 Å². The molecule has 0 bridgehead atoms. The van der Waals surface area contributed by atoms with Gasteiger partial charge in [-0.25, -0.2) is 0 Å². The normalized spacial score (nSPS) is 22.2. The van der Waals surface area contributed by atoms with Crippen molar-refractivity contribution in [3.8, 4) is 0 Å². The summed E-state index contributed by atoms with van der Waals surface area (Å²) in [6, 6.07) is 19.3. The van der Waals surface area contributed by atoms with Crippen LogP contribution >= 0.6 is 0 Å². The number of allylic oxidation sites excluding steroid dienone is 1. The van der Waals surface area contributed by atoms with Crippen LogP contribution in [-0.4, -0.2) is 54.0 Å². The van der Waals surface area contributed by atoms with Gasteiger partial charge in [-0.05, 0) is 50.2 Å². The molecule has 1 heterocycles. The van der Waals surface area contributed by atoms with Crippen molar-refractivity contribution >= 4 is 25.8 Å². The predicted molar refractivity (Wildman–Crippen MR) is 150 cm³/mol. The van der Waals surface area contributed by atoms with Crippen LogP contribution in [0.4, 0.5) is 5.69 Å². The van der Waals surface area contributed by atoms with E-state index in [1.165, 1.54) is 17.6 Å². The number of ether oxygens (including phenoxy) is 4. The van der Waals surface area contributed by atoms with E-state index >= 15 is 0 Å². The Bertz CT molecular complexity index is 1150. The van der Waals surface area contributed by atoms with Gasteiger partial charge in [0.15, 0.2) is 21.9 Å². The number of amides is 2. The van der Waals surface area contributed by atoms with Gasteiger partial charge in [0.1, 0.15) is 11.5 Å². The van der Waals surface area contributed by atoms with E-state index in [9.17, 15) is 9.59 Å². The highest BCUT2D eigenvalue weighted by molar-refractivity contribution is 6.69. The number of rotatable bonds is 13. The predicted octanol–water partition coefficient (Wildman–Crippen LogP) is 5.12. The largest absolute Gasteiger partial charge is 0.468 e. The number of hydrogen-bond acceptors (Lipinski definition) is 7. The highest BCUT2D eigenvalue weighted by atomic mass is 28.4. The van der Waals surface area contributed by atoms with Gasteiger partial charge >= 0.3 is 0 Å². The molecule has 0 aromatic heterocycles. The number of para-hydroxylation sites is 1. The molecule has 1 aliphatic carbocycles. The van der Waals surface area contributed by atoms with E-state index in [-0.39, 0.29) is 37.9 Å². The number of anilines is 1. The lowest BCUT2D eigenvalue weighted by atomic mass is 9.72. The second kappa shape index (κ2) is 12.9. The van der Waals surface area contributed by atoms with Gasteiger partial charge in [0.25, 0.3) is 0 Å². The van der Waals surface area contributed by atoms with E-state index in [1.54, 1.807) is 19.2 Å². The Kier molecular flexibility index (Phi) is 9.61. The fourth-order valence-corrected chi connectivity index (χ4v) is 6.70. The Morgan fingerprint density at radius 3 is 2.10 bits per heavy atom. The third kappa shape index (κ3) is 6.78. The SMILES string of the molecule is COCOC1=C(OCOC)C(C(CCc2ccccc2)O[Si](C)(C)C)C2C(=O)N(c3ccccc3)C(=O)C2C1. The molecule has 1 aliphatic heterocycles. The van der Waals surface area contributed by atoms with E-state index in [1.807, 2.05) is 36.4 Å². The van der Waals surface area contributed by atoms with Crippen LogP contribution in [0.5, 0.6) is 0 Å². The van der Waals surface area contributed by atoms with Gasteiger partial charge in [-0.15, -0.1) is 0 Å². The van der Waals surface area contributed by atoms with E-state index in [0.717, 1.165) is 6.42 Å². The van der Waals surface area contributed by atoms with Crippen LogP contribution in [0, 0.1) is 17.8 Å². The standard InChI is InChI=1S/C30H39NO7Si/c1-34-19-36-25-18-23-26(30(33)31(29(23)32)22-14-10-7-11-15-22)27(28(25)37-20-35-2)24(38-39(3,4)5)17-16-21-12-8-6-9-13-21/h6-15,23-24,26-27H,16-20H2,1-5H3. The van der Waals surface area contributed by atoms with Crippen LogP contribution in [-0.2, 0) is 39.4 Å². The van der Waals surface area contributed by atoms with Crippen LogP contribution < -0.4 is 4.90 Å². The van der Waals surface area contributed by atoms with Gasteiger partial charge in [0, 0.05) is 20.6 Å². The minimum atomic E-state index is -2.10. The van der Waals surface area contributed by atoms with E-state index in [0.29, 0.717) is 23.6 Å². The Hall–Kier alpha value is -2.98. The molecule has 210 valence electrons. The lowest BCUT2D eigenvalue weighted by Crippen LogP contribution is -2.46. The summed E-state index contributed by atoms with van der Waals surface area (Å²) in [6.07, 6.45) is 1.24. The van der Waals surface area contributed by atoms with Crippen molar-refractivity contribution in [2.24, 2.45) is 17.8 Å². The maximum atomic E-state index is 14.1. The maximum absolute atomic E-state index is 14.1. The number of carbonyl (C=O) groups is 2. The molecule has 39 heavy (non-hydrogen) atoms. The number of hydrogen-bond donors (Lipinski definition) is 0. The summed E-state index contributed by atoms with van der Waals surface area (Å²) in [7, 11) is 0.985. The molecule has 0 spiro atoms. The van der Waals surface area contributed by atoms with Crippen molar-refractivity contribution in [2.45, 2.75) is 45.0 Å². The van der Waals surface area contributed by atoms with Gasteiger partial charge in [0.05, 0.1) is 29.5 Å². The number of carbonyl (C=O) groups excluding carboxylic acids is 2. The van der Waals surface area contributed by atoms with Crippen LogP contribution in [0.1, 0.15) is 18.4 Å². The topological polar surface area (TPSA) is 83.5 Å². The van der Waals surface area contributed by atoms with Crippen molar-refractivity contribution in [3.63, 3.8) is 0 Å². The summed E-state index contributed by atoms with van der Waals surface area (Å²) >= 11 is 0. The molecule has 1 fully saturated rings. The second-order valence-corrected chi connectivity index (χ2v) is 15.4. The Labute approximate surface area is 232 Å². The van der Waals surface area contributed by atoms with Crippen molar-refractivity contribution < 1.29 is 33.0 Å².